The third-order valence-electron chi connectivity index (χ3n) is 4.18. The highest BCUT2D eigenvalue weighted by Crippen LogP contribution is 2.47. The lowest BCUT2D eigenvalue weighted by Crippen LogP contribution is -2.12. The van der Waals surface area contributed by atoms with Gasteiger partial charge in [-0.15, -0.1) is 9.24 Å². The summed E-state index contributed by atoms with van der Waals surface area (Å²) in [5.41, 5.74) is 0.606. The number of benzene rings is 1. The first-order valence-corrected chi connectivity index (χ1v) is 8.29. The molecule has 0 N–H and O–H groups in total. The van der Waals surface area contributed by atoms with Crippen molar-refractivity contribution in [2.24, 2.45) is 17.8 Å². The summed E-state index contributed by atoms with van der Waals surface area (Å²) in [5.74, 6) is 0.866. The smallest absolute Gasteiger partial charge is 0.309 e. The van der Waals surface area contributed by atoms with Crippen molar-refractivity contribution in [3.05, 3.63) is 23.8 Å². The lowest BCUT2D eigenvalue weighted by Gasteiger charge is -2.11. The molecule has 120 valence electrons. The second kappa shape index (κ2) is 7.23. The summed E-state index contributed by atoms with van der Waals surface area (Å²) in [6, 6.07) is 5.52. The van der Waals surface area contributed by atoms with Crippen molar-refractivity contribution in [2.75, 3.05) is 13.2 Å². The fourth-order valence-corrected chi connectivity index (χ4v) is 2.94. The standard InChI is InChI=1S/C17H23O4P/c1-4-14(18)12-7-6-11(22)8-15(12)21-9-13-10(3)16(13)17(19)20-5-2/h6-8,10,13,16H,4-5,9,22H2,1-3H3. The fourth-order valence-electron chi connectivity index (χ4n) is 2.69. The lowest BCUT2D eigenvalue weighted by molar-refractivity contribution is -0.145. The van der Waals surface area contributed by atoms with Crippen LogP contribution in [0, 0.1) is 17.8 Å². The normalized spacial score (nSPS) is 23.0. The largest absolute Gasteiger partial charge is 0.492 e. The van der Waals surface area contributed by atoms with Crippen molar-refractivity contribution in [2.45, 2.75) is 27.2 Å². The van der Waals surface area contributed by atoms with Gasteiger partial charge < -0.3 is 9.47 Å². The maximum atomic E-state index is 12.0. The van der Waals surface area contributed by atoms with Crippen LogP contribution in [0.4, 0.5) is 0 Å². The molecule has 1 aliphatic carbocycles. The van der Waals surface area contributed by atoms with E-state index in [0.29, 0.717) is 30.9 Å². The summed E-state index contributed by atoms with van der Waals surface area (Å²) in [5, 5.41) is 0.966. The highest BCUT2D eigenvalue weighted by molar-refractivity contribution is 7.27. The van der Waals surface area contributed by atoms with Gasteiger partial charge in [0, 0.05) is 12.3 Å². The summed E-state index contributed by atoms with van der Waals surface area (Å²) >= 11 is 0. The van der Waals surface area contributed by atoms with Crippen molar-refractivity contribution in [3.63, 3.8) is 0 Å². The van der Waals surface area contributed by atoms with E-state index < -0.39 is 0 Å². The Morgan fingerprint density at radius 2 is 2.00 bits per heavy atom. The minimum Gasteiger partial charge on any atom is -0.492 e. The topological polar surface area (TPSA) is 52.6 Å². The van der Waals surface area contributed by atoms with Gasteiger partial charge in [0.2, 0.25) is 0 Å². The van der Waals surface area contributed by atoms with Gasteiger partial charge in [0.1, 0.15) is 5.75 Å². The van der Waals surface area contributed by atoms with Crippen LogP contribution in [0.5, 0.6) is 5.75 Å². The van der Waals surface area contributed by atoms with Crippen LogP contribution in [0.2, 0.25) is 0 Å². The maximum absolute atomic E-state index is 12.0. The molecular formula is C17H23O4P. The average molecular weight is 322 g/mol. The van der Waals surface area contributed by atoms with Crippen LogP contribution in [0.15, 0.2) is 18.2 Å². The van der Waals surface area contributed by atoms with Gasteiger partial charge in [-0.3, -0.25) is 9.59 Å². The summed E-state index contributed by atoms with van der Waals surface area (Å²) in [6.07, 6.45) is 0.442. The molecule has 1 fully saturated rings. The quantitative estimate of drug-likeness (QED) is 0.440. The van der Waals surface area contributed by atoms with Crippen molar-refractivity contribution in [3.8, 4) is 5.75 Å². The van der Waals surface area contributed by atoms with Gasteiger partial charge in [0.05, 0.1) is 24.7 Å². The minimum absolute atomic E-state index is 0.0609. The predicted octanol–water partition coefficient (Wildman–Crippen LogP) is 2.60. The number of esters is 1. The number of hydrogen-bond donors (Lipinski definition) is 0. The molecule has 0 saturated heterocycles. The second-order valence-electron chi connectivity index (χ2n) is 5.64. The number of hydrogen-bond acceptors (Lipinski definition) is 4. The summed E-state index contributed by atoms with van der Waals surface area (Å²) in [6.45, 7) is 6.51. The Morgan fingerprint density at radius 3 is 2.64 bits per heavy atom. The molecule has 22 heavy (non-hydrogen) atoms. The van der Waals surface area contributed by atoms with Gasteiger partial charge in [-0.2, -0.15) is 0 Å². The summed E-state index contributed by atoms with van der Waals surface area (Å²) in [4.78, 5) is 23.7. The Kier molecular flexibility index (Phi) is 5.57. The zero-order valence-corrected chi connectivity index (χ0v) is 14.5. The Balaban J connectivity index is 2.02. The second-order valence-corrected chi connectivity index (χ2v) is 6.31. The number of Topliss-reactive ketones (excluding diaryl/α,β-unsaturated/α-hetero) is 1. The van der Waals surface area contributed by atoms with Crippen LogP contribution in [0.25, 0.3) is 0 Å². The third-order valence-corrected chi connectivity index (χ3v) is 4.54. The van der Waals surface area contributed by atoms with E-state index in [4.69, 9.17) is 9.47 Å². The zero-order valence-electron chi connectivity index (χ0n) is 13.3. The molecule has 1 aromatic rings. The molecule has 2 rings (SSSR count). The molecule has 4 atom stereocenters. The van der Waals surface area contributed by atoms with Gasteiger partial charge in [0.15, 0.2) is 5.78 Å². The third kappa shape index (κ3) is 3.67. The summed E-state index contributed by atoms with van der Waals surface area (Å²) < 4.78 is 10.9. The zero-order chi connectivity index (χ0) is 16.3. The van der Waals surface area contributed by atoms with Crippen LogP contribution in [-0.4, -0.2) is 25.0 Å². The average Bonchev–Trinajstić information content (AvgIpc) is 3.15. The monoisotopic (exact) mass is 322 g/mol. The first-order chi connectivity index (χ1) is 10.5. The van der Waals surface area contributed by atoms with Crippen molar-refractivity contribution >= 4 is 26.3 Å². The maximum Gasteiger partial charge on any atom is 0.309 e. The number of rotatable bonds is 7. The Labute approximate surface area is 133 Å². The van der Waals surface area contributed by atoms with Crippen LogP contribution < -0.4 is 10.0 Å². The molecule has 0 aromatic heterocycles. The molecule has 0 radical (unpaired) electrons. The van der Waals surface area contributed by atoms with E-state index >= 15 is 0 Å². The molecular weight excluding hydrogens is 299 g/mol. The van der Waals surface area contributed by atoms with Gasteiger partial charge in [-0.05, 0) is 30.3 Å². The molecule has 1 aromatic carbocycles. The van der Waals surface area contributed by atoms with Crippen molar-refractivity contribution < 1.29 is 19.1 Å². The molecule has 1 aliphatic rings. The SMILES string of the molecule is CCOC(=O)C1C(C)C1COc1cc(P)ccc1C(=O)CC. The van der Waals surface area contributed by atoms with Crippen LogP contribution >= 0.6 is 9.24 Å². The van der Waals surface area contributed by atoms with E-state index in [2.05, 4.69) is 9.24 Å². The fraction of sp³-hybridized carbons (Fsp3) is 0.529. The molecule has 0 heterocycles. The Morgan fingerprint density at radius 1 is 1.27 bits per heavy atom. The van der Waals surface area contributed by atoms with E-state index in [9.17, 15) is 9.59 Å². The minimum atomic E-state index is -0.145. The van der Waals surface area contributed by atoms with Crippen molar-refractivity contribution in [1.29, 1.82) is 0 Å². The summed E-state index contributed by atoms with van der Waals surface area (Å²) in [7, 11) is 2.60. The Hall–Kier alpha value is -1.41. The molecule has 4 unspecified atom stereocenters. The van der Waals surface area contributed by atoms with E-state index in [-0.39, 0.29) is 29.5 Å². The molecule has 1 saturated carbocycles. The number of ether oxygens (including phenoxy) is 2. The van der Waals surface area contributed by atoms with E-state index in [1.165, 1.54) is 0 Å². The Bertz CT molecular complexity index is 570. The molecule has 4 nitrogen and oxygen atoms in total. The van der Waals surface area contributed by atoms with Gasteiger partial charge in [-0.25, -0.2) is 0 Å². The van der Waals surface area contributed by atoms with Gasteiger partial charge in [-0.1, -0.05) is 19.9 Å². The first kappa shape index (κ1) is 17.0. The van der Waals surface area contributed by atoms with E-state index in [0.717, 1.165) is 5.30 Å². The van der Waals surface area contributed by atoms with Gasteiger partial charge in [0.25, 0.3) is 0 Å². The number of ketones is 1. The highest BCUT2D eigenvalue weighted by Gasteiger charge is 2.53. The van der Waals surface area contributed by atoms with Crippen LogP contribution in [0.3, 0.4) is 0 Å². The predicted molar refractivity (Wildman–Crippen MR) is 88.7 cm³/mol. The number of carbonyl (C=O) groups excluding carboxylic acids is 2. The first-order valence-electron chi connectivity index (χ1n) is 7.71. The molecule has 5 heteroatoms. The lowest BCUT2D eigenvalue weighted by atomic mass is 10.1. The van der Waals surface area contributed by atoms with Gasteiger partial charge >= 0.3 is 5.97 Å². The molecule has 0 bridgehead atoms. The van der Waals surface area contributed by atoms with Crippen LogP contribution in [0.1, 0.15) is 37.6 Å². The van der Waals surface area contributed by atoms with Crippen LogP contribution in [-0.2, 0) is 9.53 Å². The molecule has 0 aliphatic heterocycles. The van der Waals surface area contributed by atoms with Crippen molar-refractivity contribution in [1.82, 2.24) is 0 Å². The highest BCUT2D eigenvalue weighted by atomic mass is 31.0. The molecule has 0 amide bonds. The molecule has 0 spiro atoms. The van der Waals surface area contributed by atoms with E-state index in [1.54, 1.807) is 6.07 Å². The number of carbonyl (C=O) groups is 2. The van der Waals surface area contributed by atoms with E-state index in [1.807, 2.05) is 32.9 Å².